The van der Waals surface area contributed by atoms with E-state index in [0.717, 1.165) is 5.56 Å². The fraction of sp³-hybridized carbons (Fsp3) is 0.455. The second-order valence-electron chi connectivity index (χ2n) is 8.50. The molecule has 1 saturated heterocycles. The Kier molecular flexibility index (Phi) is 7.79. The maximum Gasteiger partial charge on any atom is 0.410 e. The number of hydrogen-bond donors (Lipinski definition) is 1. The molecule has 1 aliphatic rings. The Labute approximate surface area is 197 Å². The molecule has 0 unspecified atom stereocenters. The van der Waals surface area contributed by atoms with Gasteiger partial charge in [0.2, 0.25) is 5.91 Å². The van der Waals surface area contributed by atoms with Crippen molar-refractivity contribution in [3.8, 4) is 5.75 Å². The first kappa shape index (κ1) is 24.1. The molecule has 1 fully saturated rings. The Hall–Kier alpha value is -2.58. The van der Waals surface area contributed by atoms with Gasteiger partial charge in [-0.05, 0) is 32.4 Å². The lowest BCUT2D eigenvalue weighted by atomic mass is 10.1. The van der Waals surface area contributed by atoms with E-state index in [-0.39, 0.29) is 24.5 Å². The van der Waals surface area contributed by atoms with E-state index in [1.807, 2.05) is 20.8 Å². The summed E-state index contributed by atoms with van der Waals surface area (Å²) in [5.74, 6) is 0.518. The zero-order valence-electron chi connectivity index (χ0n) is 18.2. The van der Waals surface area contributed by atoms with Crippen molar-refractivity contribution in [1.82, 2.24) is 14.9 Å². The predicted molar refractivity (Wildman–Crippen MR) is 122 cm³/mol. The van der Waals surface area contributed by atoms with Crippen LogP contribution in [0.5, 0.6) is 5.75 Å². The van der Waals surface area contributed by atoms with Crippen LogP contribution in [-0.4, -0.2) is 51.7 Å². The molecule has 0 bridgehead atoms. The molecule has 2 aromatic rings. The molecule has 1 N–H and O–H groups in total. The number of aromatic nitrogens is 2. The molecule has 2 amide bonds. The molecule has 8 nitrogen and oxygen atoms in total. The second kappa shape index (κ2) is 10.4. The van der Waals surface area contributed by atoms with Gasteiger partial charge in [0, 0.05) is 38.2 Å². The van der Waals surface area contributed by atoms with Gasteiger partial charge < -0.3 is 19.7 Å². The third kappa shape index (κ3) is 7.24. The Morgan fingerprint density at radius 2 is 1.88 bits per heavy atom. The van der Waals surface area contributed by atoms with Crippen molar-refractivity contribution >= 4 is 41.0 Å². The number of likely N-dealkylation sites (tertiary alicyclic amines) is 1. The molecule has 32 heavy (non-hydrogen) atoms. The van der Waals surface area contributed by atoms with Crippen LogP contribution >= 0.6 is 23.2 Å². The maximum atomic E-state index is 12.3. The molecule has 10 heteroatoms. The van der Waals surface area contributed by atoms with Crippen LogP contribution in [0.3, 0.4) is 0 Å². The van der Waals surface area contributed by atoms with Crippen molar-refractivity contribution in [2.75, 3.05) is 18.4 Å². The van der Waals surface area contributed by atoms with Crippen LogP contribution in [0.25, 0.3) is 0 Å². The number of amides is 2. The van der Waals surface area contributed by atoms with Crippen LogP contribution in [0.15, 0.2) is 30.6 Å². The normalized spacial score (nSPS) is 14.7. The smallest absolute Gasteiger partial charge is 0.410 e. The number of carbonyl (C=O) groups is 2. The van der Waals surface area contributed by atoms with Gasteiger partial charge in [-0.3, -0.25) is 4.79 Å². The van der Waals surface area contributed by atoms with Gasteiger partial charge in [0.15, 0.2) is 0 Å². The number of nitrogens with one attached hydrogen (secondary N) is 1. The lowest BCUT2D eigenvalue weighted by molar-refractivity contribution is -0.115. The predicted octanol–water partition coefficient (Wildman–Crippen LogP) is 4.74. The molecule has 3 heterocycles. The van der Waals surface area contributed by atoms with Crippen LogP contribution in [0, 0.1) is 0 Å². The standard InChI is InChI=1S/C22H26Cl2N4O4/c1-22(2,3)32-21(30)28-8-6-15(7-9-28)31-17-11-19(26-13-16(17)23)27-20(29)10-14-4-5-18(24)25-12-14/h4-5,11-13,15H,6-10H2,1-3H3,(H,26,27,29). The zero-order chi connectivity index (χ0) is 23.3. The summed E-state index contributed by atoms with van der Waals surface area (Å²) in [6.07, 6.45) is 3.97. The molecule has 0 aliphatic carbocycles. The summed E-state index contributed by atoms with van der Waals surface area (Å²) in [6.45, 7) is 6.58. The summed E-state index contributed by atoms with van der Waals surface area (Å²) in [5.41, 5.74) is 0.203. The molecule has 3 rings (SSSR count). The first-order valence-electron chi connectivity index (χ1n) is 10.3. The highest BCUT2D eigenvalue weighted by molar-refractivity contribution is 6.32. The minimum absolute atomic E-state index is 0.114. The molecule has 2 aromatic heterocycles. The molecule has 0 spiro atoms. The Morgan fingerprint density at radius 1 is 1.16 bits per heavy atom. The van der Waals surface area contributed by atoms with E-state index < -0.39 is 5.60 Å². The molecule has 0 aromatic carbocycles. The van der Waals surface area contributed by atoms with Gasteiger partial charge in [0.05, 0.1) is 12.6 Å². The minimum atomic E-state index is -0.528. The van der Waals surface area contributed by atoms with E-state index in [4.69, 9.17) is 32.7 Å². The number of pyridine rings is 2. The van der Waals surface area contributed by atoms with Gasteiger partial charge >= 0.3 is 6.09 Å². The SMILES string of the molecule is CC(C)(C)OC(=O)N1CCC(Oc2cc(NC(=O)Cc3ccc(Cl)nc3)ncc2Cl)CC1. The van der Waals surface area contributed by atoms with Crippen LogP contribution < -0.4 is 10.1 Å². The van der Waals surface area contributed by atoms with Crippen molar-refractivity contribution in [3.63, 3.8) is 0 Å². The summed E-state index contributed by atoms with van der Waals surface area (Å²) in [5, 5.41) is 3.45. The van der Waals surface area contributed by atoms with Gasteiger partial charge in [0.25, 0.3) is 0 Å². The van der Waals surface area contributed by atoms with Crippen LogP contribution in [0.1, 0.15) is 39.2 Å². The fourth-order valence-corrected chi connectivity index (χ4v) is 3.38. The van der Waals surface area contributed by atoms with Crippen LogP contribution in [0.4, 0.5) is 10.6 Å². The summed E-state index contributed by atoms with van der Waals surface area (Å²) >= 11 is 12.0. The highest BCUT2D eigenvalue weighted by atomic mass is 35.5. The summed E-state index contributed by atoms with van der Waals surface area (Å²) in [4.78, 5) is 34.3. The highest BCUT2D eigenvalue weighted by Crippen LogP contribution is 2.29. The van der Waals surface area contributed by atoms with Gasteiger partial charge in [0.1, 0.15) is 33.4 Å². The lowest BCUT2D eigenvalue weighted by Crippen LogP contribution is -2.44. The van der Waals surface area contributed by atoms with Crippen molar-refractivity contribution in [3.05, 3.63) is 46.3 Å². The van der Waals surface area contributed by atoms with Crippen molar-refractivity contribution in [1.29, 1.82) is 0 Å². The number of halogens is 2. The Balaban J connectivity index is 1.54. The van der Waals surface area contributed by atoms with Crippen molar-refractivity contribution in [2.45, 2.75) is 51.7 Å². The van der Waals surface area contributed by atoms with Crippen LogP contribution in [0.2, 0.25) is 10.2 Å². The highest BCUT2D eigenvalue weighted by Gasteiger charge is 2.28. The zero-order valence-corrected chi connectivity index (χ0v) is 19.7. The van der Waals surface area contributed by atoms with E-state index in [0.29, 0.717) is 47.7 Å². The summed E-state index contributed by atoms with van der Waals surface area (Å²) < 4.78 is 11.5. The molecule has 0 atom stereocenters. The first-order valence-corrected chi connectivity index (χ1v) is 11.0. The first-order chi connectivity index (χ1) is 15.1. The molecular formula is C22H26Cl2N4O4. The van der Waals surface area contributed by atoms with Gasteiger partial charge in [-0.15, -0.1) is 0 Å². The number of carbonyl (C=O) groups excluding carboxylic acids is 2. The maximum absolute atomic E-state index is 12.3. The van der Waals surface area contributed by atoms with E-state index in [2.05, 4.69) is 15.3 Å². The topological polar surface area (TPSA) is 93.7 Å². The number of rotatable bonds is 5. The van der Waals surface area contributed by atoms with Crippen molar-refractivity contribution in [2.24, 2.45) is 0 Å². The van der Waals surface area contributed by atoms with Gasteiger partial charge in [-0.1, -0.05) is 29.3 Å². The monoisotopic (exact) mass is 480 g/mol. The van der Waals surface area contributed by atoms with Gasteiger partial charge in [-0.2, -0.15) is 0 Å². The van der Waals surface area contributed by atoms with E-state index in [9.17, 15) is 9.59 Å². The Bertz CT molecular complexity index is 955. The molecule has 0 saturated carbocycles. The number of ether oxygens (including phenoxy) is 2. The van der Waals surface area contributed by atoms with Crippen LogP contribution in [-0.2, 0) is 16.0 Å². The quantitative estimate of drug-likeness (QED) is 0.620. The average Bonchev–Trinajstić information content (AvgIpc) is 2.71. The molecule has 0 radical (unpaired) electrons. The van der Waals surface area contributed by atoms with E-state index >= 15 is 0 Å². The summed E-state index contributed by atoms with van der Waals surface area (Å²) in [6, 6.07) is 4.97. The fourth-order valence-electron chi connectivity index (χ4n) is 3.12. The molecule has 1 aliphatic heterocycles. The molecular weight excluding hydrogens is 455 g/mol. The number of piperidine rings is 1. The third-order valence-corrected chi connectivity index (χ3v) is 5.14. The second-order valence-corrected chi connectivity index (χ2v) is 9.29. The Morgan fingerprint density at radius 3 is 2.50 bits per heavy atom. The molecule has 172 valence electrons. The largest absolute Gasteiger partial charge is 0.489 e. The summed E-state index contributed by atoms with van der Waals surface area (Å²) in [7, 11) is 0. The number of anilines is 1. The van der Waals surface area contributed by atoms with Gasteiger partial charge in [-0.25, -0.2) is 14.8 Å². The lowest BCUT2D eigenvalue weighted by Gasteiger charge is -2.33. The average molecular weight is 481 g/mol. The van der Waals surface area contributed by atoms with E-state index in [1.54, 1.807) is 29.3 Å². The number of hydrogen-bond acceptors (Lipinski definition) is 6. The number of nitrogens with zero attached hydrogens (tertiary/aromatic N) is 3. The van der Waals surface area contributed by atoms with E-state index in [1.165, 1.54) is 6.20 Å². The van der Waals surface area contributed by atoms with Crippen molar-refractivity contribution < 1.29 is 19.1 Å². The minimum Gasteiger partial charge on any atom is -0.489 e. The third-order valence-electron chi connectivity index (χ3n) is 4.63.